The lowest BCUT2D eigenvalue weighted by Gasteiger charge is -2.55. The van der Waals surface area contributed by atoms with Crippen LogP contribution in [0.5, 0.6) is 0 Å². The Balaban J connectivity index is 1.58. The first kappa shape index (κ1) is 23.9. The Morgan fingerprint density at radius 3 is 2.51 bits per heavy atom. The number of epoxide rings is 1. The maximum atomic E-state index is 13.6. The minimum atomic E-state index is -2.57. The molecule has 1 saturated carbocycles. The number of cyclic esters (lactones) is 1. The Morgan fingerprint density at radius 2 is 1.81 bits per heavy atom. The van der Waals surface area contributed by atoms with Crippen molar-refractivity contribution in [1.29, 1.82) is 0 Å². The number of methoxy groups -OCH3 is 1. The molecule has 1 aromatic carbocycles. The van der Waals surface area contributed by atoms with Crippen molar-refractivity contribution in [3.8, 4) is 0 Å². The third-order valence-electron chi connectivity index (χ3n) is 8.80. The lowest BCUT2D eigenvalue weighted by Crippen LogP contribution is -2.70. The van der Waals surface area contributed by atoms with Gasteiger partial charge in [-0.2, -0.15) is 0 Å². The molecule has 3 fully saturated rings. The summed E-state index contributed by atoms with van der Waals surface area (Å²) < 4.78 is 28.8. The highest BCUT2D eigenvalue weighted by atomic mass is 35.5. The van der Waals surface area contributed by atoms with Crippen LogP contribution in [-0.4, -0.2) is 92.4 Å². The lowest BCUT2D eigenvalue weighted by molar-refractivity contribution is -0.387. The molecule has 12 nitrogen and oxygen atoms in total. The first-order valence-corrected chi connectivity index (χ1v) is 12.1. The first-order chi connectivity index (χ1) is 17.4. The minimum Gasteiger partial charge on any atom is -0.476 e. The average molecular weight is 539 g/mol. The largest absolute Gasteiger partial charge is 0.476 e. The summed E-state index contributed by atoms with van der Waals surface area (Å²) >= 11 is 6.76. The van der Waals surface area contributed by atoms with E-state index in [0.29, 0.717) is 0 Å². The van der Waals surface area contributed by atoms with Gasteiger partial charge in [0.05, 0.1) is 11.1 Å². The molecule has 2 saturated heterocycles. The Hall–Kier alpha value is -2.13. The molecule has 3 heterocycles. The molecule has 0 radical (unpaired) electrons. The summed E-state index contributed by atoms with van der Waals surface area (Å²) in [5, 5.41) is 56.9. The van der Waals surface area contributed by atoms with Crippen LogP contribution in [0.15, 0.2) is 23.5 Å². The van der Waals surface area contributed by atoms with Crippen LogP contribution in [0, 0.1) is 0 Å². The maximum Gasteiger partial charge on any atom is 0.339 e. The number of hydrogen-bond acceptors (Lipinski definition) is 12. The number of Topliss-reactive ketones (excluding diaryl/α,β-unsaturated/α-hetero) is 1. The average Bonchev–Trinajstić information content (AvgIpc) is 3.52. The fourth-order valence-electron chi connectivity index (χ4n) is 7.15. The number of carbonyl (C=O) groups excluding carboxylic acids is 2. The molecule has 37 heavy (non-hydrogen) atoms. The van der Waals surface area contributed by atoms with Gasteiger partial charge >= 0.3 is 5.97 Å². The first-order valence-electron chi connectivity index (χ1n) is 11.7. The van der Waals surface area contributed by atoms with Crippen molar-refractivity contribution in [2.45, 2.75) is 72.6 Å². The van der Waals surface area contributed by atoms with Gasteiger partial charge in [0.1, 0.15) is 24.9 Å². The molecule has 6 aliphatic rings. The quantitative estimate of drug-likeness (QED) is 0.212. The van der Waals surface area contributed by atoms with Crippen molar-refractivity contribution >= 4 is 23.4 Å². The van der Waals surface area contributed by atoms with E-state index in [1.807, 2.05) is 0 Å². The number of carbonyl (C=O) groups is 2. The second-order valence-corrected chi connectivity index (χ2v) is 10.7. The van der Waals surface area contributed by atoms with Gasteiger partial charge in [-0.3, -0.25) is 4.79 Å². The summed E-state index contributed by atoms with van der Waals surface area (Å²) in [5.74, 6) is -4.80. The van der Waals surface area contributed by atoms with Crippen molar-refractivity contribution in [1.82, 2.24) is 0 Å². The van der Waals surface area contributed by atoms with Gasteiger partial charge < -0.3 is 49.2 Å². The van der Waals surface area contributed by atoms with E-state index in [1.165, 1.54) is 19.1 Å². The fraction of sp³-hybridized carbons (Fsp3) is 0.583. The Bertz CT molecular complexity index is 1330. The zero-order valence-corrected chi connectivity index (χ0v) is 20.3. The van der Waals surface area contributed by atoms with Gasteiger partial charge in [-0.05, 0) is 12.5 Å². The van der Waals surface area contributed by atoms with Crippen molar-refractivity contribution in [3.63, 3.8) is 0 Å². The van der Waals surface area contributed by atoms with Crippen LogP contribution in [0.3, 0.4) is 0 Å². The predicted octanol–water partition coefficient (Wildman–Crippen LogP) is -1.22. The second kappa shape index (κ2) is 6.89. The predicted molar refractivity (Wildman–Crippen MR) is 117 cm³/mol. The third-order valence-corrected chi connectivity index (χ3v) is 9.21. The molecule has 0 amide bonds. The molecule has 198 valence electrons. The van der Waals surface area contributed by atoms with E-state index in [-0.39, 0.29) is 33.7 Å². The molecular weight excluding hydrogens is 516 g/mol. The standard InChI is InChI=1S/C24H23ClO12/c1-7-15(29)21-18(33-2)19(31)34-6-10(26)8-3-4-9-13(14(8)25)22-11(27)5-12(28)23(22,16(9)30)35-17(7)24(32,37-22)20(21)36-21/h3-4,10-12,16,18,20,26-28,30,32H,5-6H2,1-2H3/t10-,11+,12+,16+,18-,20+,21+,22+,23-,24+/m0/s1. The van der Waals surface area contributed by atoms with Gasteiger partial charge in [0.15, 0.2) is 40.6 Å². The number of benzene rings is 1. The second-order valence-electron chi connectivity index (χ2n) is 10.4. The number of aliphatic hydroxyl groups is 5. The minimum absolute atomic E-state index is 0.00981. The molecule has 5 bridgehead atoms. The normalized spacial score (nSPS) is 49.1. The molecule has 7 rings (SSSR count). The number of halogens is 1. The highest BCUT2D eigenvalue weighted by Crippen LogP contribution is 2.72. The molecule has 5 N–H and O–H groups in total. The molecule has 13 heteroatoms. The summed E-state index contributed by atoms with van der Waals surface area (Å²) in [7, 11) is 1.15. The Morgan fingerprint density at radius 1 is 1.11 bits per heavy atom. The molecule has 0 unspecified atom stereocenters. The SMILES string of the molecule is CO[C@H]1C(=O)OC[C@H](O)c2ccc3c(c2Cl)[C@@]24O[C@]5(O)C(=C(C)C(=O)[C@@]16O[C@H]65)O[C@@]2([C@H](O)C[C@H]4O)[C@@H]3O. The van der Waals surface area contributed by atoms with E-state index in [2.05, 4.69) is 0 Å². The highest BCUT2D eigenvalue weighted by Gasteiger charge is 2.88. The van der Waals surface area contributed by atoms with Crippen molar-refractivity contribution < 1.29 is 58.8 Å². The zero-order chi connectivity index (χ0) is 26.4. The monoisotopic (exact) mass is 538 g/mol. The van der Waals surface area contributed by atoms with E-state index in [0.717, 1.165) is 7.11 Å². The van der Waals surface area contributed by atoms with Crippen LogP contribution in [0.25, 0.3) is 0 Å². The Labute approximate surface area is 213 Å². The lowest BCUT2D eigenvalue weighted by atomic mass is 9.75. The summed E-state index contributed by atoms with van der Waals surface area (Å²) in [6, 6.07) is 2.82. The number of aliphatic hydroxyl groups excluding tert-OH is 4. The van der Waals surface area contributed by atoms with E-state index in [4.69, 9.17) is 35.3 Å². The van der Waals surface area contributed by atoms with Crippen LogP contribution < -0.4 is 0 Å². The Kier molecular flexibility index (Phi) is 4.46. The number of ketones is 1. The maximum absolute atomic E-state index is 13.6. The van der Waals surface area contributed by atoms with Gasteiger partial charge in [-0.15, -0.1) is 0 Å². The highest BCUT2D eigenvalue weighted by molar-refractivity contribution is 6.32. The van der Waals surface area contributed by atoms with Crippen LogP contribution in [-0.2, 0) is 38.9 Å². The van der Waals surface area contributed by atoms with Gasteiger partial charge in [0.2, 0.25) is 0 Å². The zero-order valence-electron chi connectivity index (χ0n) is 19.5. The summed E-state index contributed by atoms with van der Waals surface area (Å²) in [6.45, 7) is 0.728. The molecule has 10 atom stereocenters. The van der Waals surface area contributed by atoms with Crippen LogP contribution in [0.4, 0.5) is 0 Å². The van der Waals surface area contributed by atoms with Crippen LogP contribution in [0.1, 0.15) is 42.2 Å². The summed E-state index contributed by atoms with van der Waals surface area (Å²) in [4.78, 5) is 26.6. The van der Waals surface area contributed by atoms with Gasteiger partial charge in [0.25, 0.3) is 5.79 Å². The molecular formula is C24H23ClO12. The smallest absolute Gasteiger partial charge is 0.339 e. The number of fused-ring (bicyclic) bond motifs is 1. The molecule has 0 aromatic heterocycles. The fourth-order valence-corrected chi connectivity index (χ4v) is 7.59. The molecule has 1 spiro atoms. The molecule has 1 aromatic rings. The van der Waals surface area contributed by atoms with Crippen molar-refractivity contribution in [2.75, 3.05) is 13.7 Å². The van der Waals surface area contributed by atoms with Gasteiger partial charge in [0, 0.05) is 30.2 Å². The van der Waals surface area contributed by atoms with E-state index in [9.17, 15) is 35.1 Å². The summed E-state index contributed by atoms with van der Waals surface area (Å²) in [6.07, 6.45) is -9.74. The van der Waals surface area contributed by atoms with E-state index >= 15 is 0 Å². The van der Waals surface area contributed by atoms with Gasteiger partial charge in [-0.1, -0.05) is 23.7 Å². The third kappa shape index (κ3) is 2.28. The molecule has 3 aliphatic carbocycles. The van der Waals surface area contributed by atoms with Crippen molar-refractivity contribution in [2.24, 2.45) is 0 Å². The molecule has 3 aliphatic heterocycles. The van der Waals surface area contributed by atoms with Crippen LogP contribution >= 0.6 is 11.6 Å². The number of esters is 1. The topological polar surface area (TPSA) is 185 Å². The number of ether oxygens (including phenoxy) is 5. The van der Waals surface area contributed by atoms with Crippen LogP contribution in [0.2, 0.25) is 5.02 Å². The summed E-state index contributed by atoms with van der Waals surface area (Å²) in [5.41, 5.74) is -6.36. The van der Waals surface area contributed by atoms with E-state index in [1.54, 1.807) is 0 Å². The number of rotatable bonds is 1. The van der Waals surface area contributed by atoms with Gasteiger partial charge in [-0.25, -0.2) is 4.79 Å². The number of hydrogen-bond donors (Lipinski definition) is 5. The van der Waals surface area contributed by atoms with E-state index < -0.39 is 83.3 Å². The van der Waals surface area contributed by atoms with Crippen molar-refractivity contribution in [3.05, 3.63) is 45.2 Å².